The molecule has 4 heteroatoms. The van der Waals surface area contributed by atoms with Gasteiger partial charge in [0.15, 0.2) is 0 Å². The molecule has 0 N–H and O–H groups in total. The zero-order valence-electron chi connectivity index (χ0n) is 18.8. The molecule has 0 amide bonds. The van der Waals surface area contributed by atoms with Crippen molar-refractivity contribution in [1.29, 1.82) is 0 Å². The molecule has 0 fully saturated rings. The minimum atomic E-state index is -1.82. The molecule has 0 spiro atoms. The van der Waals surface area contributed by atoms with Crippen LogP contribution in [-0.2, 0) is 0 Å². The second-order valence-electron chi connectivity index (χ2n) is 8.70. The van der Waals surface area contributed by atoms with Crippen molar-refractivity contribution >= 4 is 8.07 Å². The summed E-state index contributed by atoms with van der Waals surface area (Å²) >= 11 is 0. The molecular formula is C26H31N3Si. The lowest BCUT2D eigenvalue weighted by Crippen LogP contribution is -2.43. The highest BCUT2D eigenvalue weighted by molar-refractivity contribution is 6.90. The lowest BCUT2D eigenvalue weighted by atomic mass is 10.1. The van der Waals surface area contributed by atoms with E-state index in [1.807, 2.05) is 36.4 Å². The quantitative estimate of drug-likeness (QED) is 0.342. The highest BCUT2D eigenvalue weighted by Gasteiger charge is 2.41. The van der Waals surface area contributed by atoms with Crippen LogP contribution < -0.4 is 0 Å². The van der Waals surface area contributed by atoms with Gasteiger partial charge in [-0.25, -0.2) is 4.98 Å². The first kappa shape index (κ1) is 21.9. The third-order valence-electron chi connectivity index (χ3n) is 5.97. The second-order valence-corrected chi connectivity index (χ2v) is 14.3. The summed E-state index contributed by atoms with van der Waals surface area (Å²) in [6.07, 6.45) is 3.59. The Hall–Kier alpha value is -2.77. The van der Waals surface area contributed by atoms with Crippen molar-refractivity contribution in [3.63, 3.8) is 0 Å². The van der Waals surface area contributed by atoms with E-state index >= 15 is 0 Å². The summed E-state index contributed by atoms with van der Waals surface area (Å²) in [7, 11) is -1.82. The number of hydrogen-bond acceptors (Lipinski definition) is 3. The summed E-state index contributed by atoms with van der Waals surface area (Å²) in [5.41, 5.74) is 9.93. The first-order chi connectivity index (χ1) is 14.3. The van der Waals surface area contributed by atoms with Crippen LogP contribution in [0.15, 0.2) is 60.9 Å². The Bertz CT molecular complexity index is 953. The number of nitrogens with zero attached hydrogens (tertiary/aromatic N) is 3. The largest absolute Gasteiger partial charge is 0.255 e. The van der Waals surface area contributed by atoms with Crippen LogP contribution in [0.1, 0.15) is 47.1 Å². The van der Waals surface area contributed by atoms with Crippen LogP contribution in [0.4, 0.5) is 0 Å². The highest BCUT2D eigenvalue weighted by atomic mass is 28.3. The van der Waals surface area contributed by atoms with Gasteiger partial charge in [-0.15, -0.1) is 5.54 Å². The summed E-state index contributed by atoms with van der Waals surface area (Å²) in [5.74, 6) is 3.57. The Labute approximate surface area is 182 Å². The van der Waals surface area contributed by atoms with Gasteiger partial charge in [0.25, 0.3) is 0 Å². The van der Waals surface area contributed by atoms with Gasteiger partial charge in [0, 0.05) is 18.0 Å². The van der Waals surface area contributed by atoms with E-state index in [-0.39, 0.29) is 0 Å². The molecule has 0 atom stereocenters. The van der Waals surface area contributed by atoms with E-state index in [4.69, 9.17) is 4.98 Å². The van der Waals surface area contributed by atoms with Crippen molar-refractivity contribution in [2.45, 2.75) is 58.2 Å². The number of aromatic nitrogens is 3. The standard InChI is InChI=1S/C26H31N3Si/c1-19(2)30(20(3)4,21(5)6)16-13-22-17-25(23-11-7-9-14-27-23)29-26(18-22)24-12-8-10-15-28-24/h7-12,14-15,17-21H,1-6H3. The SMILES string of the molecule is CC(C)[Si](C#Cc1cc(-c2ccccn2)nc(-c2ccccn2)c1)(C(C)C)C(C)C. The van der Waals surface area contributed by atoms with E-state index in [1.165, 1.54) is 0 Å². The zero-order valence-corrected chi connectivity index (χ0v) is 19.8. The predicted molar refractivity (Wildman–Crippen MR) is 129 cm³/mol. The van der Waals surface area contributed by atoms with Crippen molar-refractivity contribution in [3.05, 3.63) is 66.5 Å². The lowest BCUT2D eigenvalue weighted by Gasteiger charge is -2.38. The molecule has 0 saturated heterocycles. The van der Waals surface area contributed by atoms with Gasteiger partial charge in [0.2, 0.25) is 0 Å². The van der Waals surface area contributed by atoms with Crippen molar-refractivity contribution < 1.29 is 0 Å². The van der Waals surface area contributed by atoms with Crippen LogP contribution in [0.5, 0.6) is 0 Å². The van der Waals surface area contributed by atoms with Crippen LogP contribution in [0.3, 0.4) is 0 Å². The molecule has 3 rings (SSSR count). The average Bonchev–Trinajstić information content (AvgIpc) is 2.74. The van der Waals surface area contributed by atoms with Crippen LogP contribution in [0, 0.1) is 11.5 Å². The summed E-state index contributed by atoms with van der Waals surface area (Å²) in [6, 6.07) is 15.9. The van der Waals surface area contributed by atoms with Crippen molar-refractivity contribution in [3.8, 4) is 34.2 Å². The normalized spacial score (nSPS) is 11.6. The number of hydrogen-bond donors (Lipinski definition) is 0. The molecule has 3 aromatic rings. The fourth-order valence-electron chi connectivity index (χ4n) is 4.51. The summed E-state index contributed by atoms with van der Waals surface area (Å²) < 4.78 is 0. The topological polar surface area (TPSA) is 38.7 Å². The molecule has 3 aromatic heterocycles. The van der Waals surface area contributed by atoms with Gasteiger partial charge < -0.3 is 0 Å². The maximum Gasteiger partial charge on any atom is 0.146 e. The third-order valence-corrected chi connectivity index (χ3v) is 12.3. The van der Waals surface area contributed by atoms with Crippen LogP contribution >= 0.6 is 0 Å². The van der Waals surface area contributed by atoms with Crippen LogP contribution in [0.25, 0.3) is 22.8 Å². The van der Waals surface area contributed by atoms with Gasteiger partial charge in [0.1, 0.15) is 8.07 Å². The highest BCUT2D eigenvalue weighted by Crippen LogP contribution is 2.40. The lowest BCUT2D eigenvalue weighted by molar-refractivity contribution is 0.838. The second kappa shape index (κ2) is 9.36. The molecule has 0 unspecified atom stereocenters. The van der Waals surface area contributed by atoms with Gasteiger partial charge in [-0.05, 0) is 53.0 Å². The summed E-state index contributed by atoms with van der Waals surface area (Å²) in [6.45, 7) is 14.0. The number of pyridine rings is 3. The van der Waals surface area contributed by atoms with Crippen molar-refractivity contribution in [1.82, 2.24) is 15.0 Å². The van der Waals surface area contributed by atoms with E-state index in [9.17, 15) is 0 Å². The van der Waals surface area contributed by atoms with Gasteiger partial charge in [-0.1, -0.05) is 59.6 Å². The molecule has 0 aliphatic heterocycles. The van der Waals surface area contributed by atoms with Crippen molar-refractivity contribution in [2.75, 3.05) is 0 Å². The molecule has 0 aliphatic rings. The van der Waals surface area contributed by atoms with Crippen LogP contribution in [0.2, 0.25) is 16.6 Å². The Morgan fingerprint density at radius 2 is 1.13 bits per heavy atom. The Morgan fingerprint density at radius 3 is 1.50 bits per heavy atom. The Balaban J connectivity index is 2.17. The first-order valence-electron chi connectivity index (χ1n) is 10.7. The molecule has 0 radical (unpaired) electrons. The van der Waals surface area contributed by atoms with E-state index in [1.54, 1.807) is 12.4 Å². The minimum Gasteiger partial charge on any atom is -0.255 e. The zero-order chi connectivity index (χ0) is 21.7. The maximum absolute atomic E-state index is 4.84. The molecule has 0 aliphatic carbocycles. The van der Waals surface area contributed by atoms with Gasteiger partial charge in [0.05, 0.1) is 22.8 Å². The Morgan fingerprint density at radius 1 is 0.667 bits per heavy atom. The maximum atomic E-state index is 4.84. The molecule has 30 heavy (non-hydrogen) atoms. The molecule has 0 aromatic carbocycles. The fourth-order valence-corrected chi connectivity index (χ4v) is 9.73. The van der Waals surface area contributed by atoms with E-state index in [0.29, 0.717) is 16.6 Å². The number of rotatable bonds is 5. The summed E-state index contributed by atoms with van der Waals surface area (Å²) in [4.78, 5) is 13.8. The van der Waals surface area contributed by atoms with Crippen LogP contribution in [-0.4, -0.2) is 23.0 Å². The van der Waals surface area contributed by atoms with E-state index in [0.717, 1.165) is 28.3 Å². The molecule has 154 valence electrons. The minimum absolute atomic E-state index is 0.595. The molecule has 0 bridgehead atoms. The Kier molecular flexibility index (Phi) is 6.84. The third kappa shape index (κ3) is 4.52. The van der Waals surface area contributed by atoms with Gasteiger partial charge in [-0.2, -0.15) is 0 Å². The monoisotopic (exact) mass is 413 g/mol. The van der Waals surface area contributed by atoms with Gasteiger partial charge in [-0.3, -0.25) is 9.97 Å². The fraction of sp³-hybridized carbons (Fsp3) is 0.346. The summed E-state index contributed by atoms with van der Waals surface area (Å²) in [5, 5.41) is 0. The predicted octanol–water partition coefficient (Wildman–Crippen LogP) is 6.78. The first-order valence-corrected chi connectivity index (χ1v) is 13.0. The van der Waals surface area contributed by atoms with E-state index < -0.39 is 8.07 Å². The molecular weight excluding hydrogens is 382 g/mol. The molecule has 3 heterocycles. The molecule has 0 saturated carbocycles. The van der Waals surface area contributed by atoms with E-state index in [2.05, 4.69) is 75.1 Å². The van der Waals surface area contributed by atoms with Gasteiger partial charge >= 0.3 is 0 Å². The average molecular weight is 414 g/mol. The van der Waals surface area contributed by atoms with Crippen molar-refractivity contribution in [2.24, 2.45) is 0 Å². The smallest absolute Gasteiger partial charge is 0.146 e. The molecule has 3 nitrogen and oxygen atoms in total.